The smallest absolute Gasteiger partial charge is 0.261 e. The van der Waals surface area contributed by atoms with Crippen molar-refractivity contribution in [1.29, 1.82) is 0 Å². The Morgan fingerprint density at radius 2 is 1.93 bits per heavy atom. The number of hydrogen-bond acceptors (Lipinski definition) is 4. The Balaban J connectivity index is 1.47. The van der Waals surface area contributed by atoms with Crippen molar-refractivity contribution in [1.82, 2.24) is 20.1 Å². The molecule has 1 unspecified atom stereocenters. The molecule has 1 fully saturated rings. The molecule has 0 saturated carbocycles. The van der Waals surface area contributed by atoms with Crippen LogP contribution in [0.25, 0.3) is 11.4 Å². The Morgan fingerprint density at radius 3 is 2.71 bits per heavy atom. The van der Waals surface area contributed by atoms with Gasteiger partial charge >= 0.3 is 0 Å². The van der Waals surface area contributed by atoms with Crippen molar-refractivity contribution in [3.05, 3.63) is 66.2 Å². The number of benzene rings is 2. The molecule has 0 bridgehead atoms. The van der Waals surface area contributed by atoms with Crippen LogP contribution in [0.5, 0.6) is 5.75 Å². The summed E-state index contributed by atoms with van der Waals surface area (Å²) < 4.78 is 18.7. The molecule has 1 aliphatic rings. The number of hydrogen-bond donors (Lipinski definition) is 1. The third kappa shape index (κ3) is 4.03. The SMILES string of the molecule is O=C(COc1ccccc1)N1CCCCC1c1nc(-c2ccc(F)cc2)n[nH]1. The first-order chi connectivity index (χ1) is 13.7. The number of H-pyrrole nitrogens is 1. The Kier molecular flexibility index (Phi) is 5.32. The Labute approximate surface area is 162 Å². The van der Waals surface area contributed by atoms with Crippen LogP contribution in [0.1, 0.15) is 31.1 Å². The number of rotatable bonds is 5. The molecule has 1 N–H and O–H groups in total. The van der Waals surface area contributed by atoms with Crippen molar-refractivity contribution < 1.29 is 13.9 Å². The van der Waals surface area contributed by atoms with Gasteiger partial charge in [0.25, 0.3) is 5.91 Å². The van der Waals surface area contributed by atoms with E-state index in [4.69, 9.17) is 4.74 Å². The van der Waals surface area contributed by atoms with Gasteiger partial charge in [-0.05, 0) is 55.7 Å². The summed E-state index contributed by atoms with van der Waals surface area (Å²) in [6.45, 7) is 0.647. The first kappa shape index (κ1) is 18.2. The third-order valence-corrected chi connectivity index (χ3v) is 4.85. The number of piperidine rings is 1. The minimum absolute atomic E-state index is 0.0144. The van der Waals surface area contributed by atoms with Crippen LogP contribution in [-0.4, -0.2) is 39.1 Å². The minimum Gasteiger partial charge on any atom is -0.484 e. The number of aromatic amines is 1. The van der Waals surface area contributed by atoms with E-state index in [1.807, 2.05) is 30.3 Å². The largest absolute Gasteiger partial charge is 0.484 e. The van der Waals surface area contributed by atoms with E-state index in [9.17, 15) is 9.18 Å². The molecule has 2 heterocycles. The summed E-state index contributed by atoms with van der Waals surface area (Å²) in [6, 6.07) is 15.2. The lowest BCUT2D eigenvalue weighted by Gasteiger charge is -2.34. The zero-order valence-electron chi connectivity index (χ0n) is 15.3. The van der Waals surface area contributed by atoms with Gasteiger partial charge in [-0.25, -0.2) is 9.37 Å². The number of nitrogens with one attached hydrogen (secondary N) is 1. The van der Waals surface area contributed by atoms with E-state index < -0.39 is 0 Å². The standard InChI is InChI=1S/C21H21FN4O2/c22-16-11-9-15(10-12-16)20-23-21(25-24-20)18-8-4-5-13-26(18)19(27)14-28-17-6-2-1-3-7-17/h1-3,6-7,9-12,18H,4-5,8,13-14H2,(H,23,24,25). The molecule has 1 atom stereocenters. The molecule has 1 saturated heterocycles. The number of carbonyl (C=O) groups excluding carboxylic acids is 1. The molecule has 2 aromatic carbocycles. The quantitative estimate of drug-likeness (QED) is 0.732. The zero-order chi connectivity index (χ0) is 19.3. The van der Waals surface area contributed by atoms with Crippen LogP contribution in [0.4, 0.5) is 4.39 Å². The number of aromatic nitrogens is 3. The summed E-state index contributed by atoms with van der Waals surface area (Å²) >= 11 is 0. The second-order valence-electron chi connectivity index (χ2n) is 6.75. The van der Waals surface area contributed by atoms with Gasteiger partial charge in [0.15, 0.2) is 12.4 Å². The van der Waals surface area contributed by atoms with Gasteiger partial charge in [-0.1, -0.05) is 18.2 Å². The predicted octanol–water partition coefficient (Wildman–Crippen LogP) is 3.74. The average Bonchev–Trinajstić information content (AvgIpc) is 3.23. The summed E-state index contributed by atoms with van der Waals surface area (Å²) in [5, 5.41) is 7.21. The maximum atomic E-state index is 13.1. The van der Waals surface area contributed by atoms with Crippen molar-refractivity contribution >= 4 is 5.91 Å². The van der Waals surface area contributed by atoms with Gasteiger partial charge in [0.1, 0.15) is 17.4 Å². The van der Waals surface area contributed by atoms with Crippen LogP contribution in [0, 0.1) is 5.82 Å². The monoisotopic (exact) mass is 380 g/mol. The number of amides is 1. The number of halogens is 1. The molecule has 144 valence electrons. The molecular weight excluding hydrogens is 359 g/mol. The highest BCUT2D eigenvalue weighted by atomic mass is 19.1. The van der Waals surface area contributed by atoms with Crippen LogP contribution in [0.3, 0.4) is 0 Å². The van der Waals surface area contributed by atoms with Crippen LogP contribution >= 0.6 is 0 Å². The van der Waals surface area contributed by atoms with Gasteiger partial charge in [0, 0.05) is 12.1 Å². The van der Waals surface area contributed by atoms with Gasteiger partial charge in [-0.3, -0.25) is 9.89 Å². The van der Waals surface area contributed by atoms with E-state index in [-0.39, 0.29) is 24.4 Å². The van der Waals surface area contributed by atoms with Gasteiger partial charge in [-0.2, -0.15) is 5.10 Å². The summed E-state index contributed by atoms with van der Waals surface area (Å²) in [5.41, 5.74) is 0.727. The van der Waals surface area contributed by atoms with Crippen molar-refractivity contribution in [2.24, 2.45) is 0 Å². The van der Waals surface area contributed by atoms with Gasteiger partial charge in [0.2, 0.25) is 0 Å². The summed E-state index contributed by atoms with van der Waals surface area (Å²) in [4.78, 5) is 19.1. The number of likely N-dealkylation sites (tertiary alicyclic amines) is 1. The highest BCUT2D eigenvalue weighted by molar-refractivity contribution is 5.78. The molecule has 0 radical (unpaired) electrons. The fourth-order valence-electron chi connectivity index (χ4n) is 3.41. The molecular formula is C21H21FN4O2. The van der Waals surface area contributed by atoms with Crippen LogP contribution in [0.15, 0.2) is 54.6 Å². The maximum absolute atomic E-state index is 13.1. The number of para-hydroxylation sites is 1. The summed E-state index contributed by atoms with van der Waals surface area (Å²) in [7, 11) is 0. The van der Waals surface area contributed by atoms with E-state index in [1.54, 1.807) is 17.0 Å². The molecule has 3 aromatic rings. The Morgan fingerprint density at radius 1 is 1.14 bits per heavy atom. The van der Waals surface area contributed by atoms with Gasteiger partial charge < -0.3 is 9.64 Å². The highest BCUT2D eigenvalue weighted by Crippen LogP contribution is 2.30. The molecule has 1 aromatic heterocycles. The first-order valence-corrected chi connectivity index (χ1v) is 9.36. The topological polar surface area (TPSA) is 71.1 Å². The molecule has 7 heteroatoms. The lowest BCUT2D eigenvalue weighted by Crippen LogP contribution is -2.41. The second-order valence-corrected chi connectivity index (χ2v) is 6.75. The van der Waals surface area contributed by atoms with E-state index in [2.05, 4.69) is 15.2 Å². The third-order valence-electron chi connectivity index (χ3n) is 4.85. The average molecular weight is 380 g/mol. The van der Waals surface area contributed by atoms with Crippen molar-refractivity contribution in [3.8, 4) is 17.1 Å². The lowest BCUT2D eigenvalue weighted by molar-refractivity contribution is -0.137. The molecule has 0 aliphatic carbocycles. The van der Waals surface area contributed by atoms with Crippen LogP contribution in [0.2, 0.25) is 0 Å². The highest BCUT2D eigenvalue weighted by Gasteiger charge is 2.30. The predicted molar refractivity (Wildman–Crippen MR) is 102 cm³/mol. The number of carbonyl (C=O) groups is 1. The Hall–Kier alpha value is -3.22. The van der Waals surface area contributed by atoms with E-state index >= 15 is 0 Å². The van der Waals surface area contributed by atoms with E-state index in [0.717, 1.165) is 24.8 Å². The molecule has 1 amide bonds. The second kappa shape index (κ2) is 8.21. The summed E-state index contributed by atoms with van der Waals surface area (Å²) in [5.74, 6) is 1.43. The van der Waals surface area contributed by atoms with Gasteiger partial charge in [0.05, 0.1) is 6.04 Å². The molecule has 0 spiro atoms. The van der Waals surface area contributed by atoms with E-state index in [1.165, 1.54) is 12.1 Å². The van der Waals surface area contributed by atoms with E-state index in [0.29, 0.717) is 23.9 Å². The number of nitrogens with zero attached hydrogens (tertiary/aromatic N) is 3. The molecule has 1 aliphatic heterocycles. The molecule has 4 rings (SSSR count). The van der Waals surface area contributed by atoms with Gasteiger partial charge in [-0.15, -0.1) is 0 Å². The van der Waals surface area contributed by atoms with Crippen molar-refractivity contribution in [2.45, 2.75) is 25.3 Å². The summed E-state index contributed by atoms with van der Waals surface area (Å²) in [6.07, 6.45) is 2.78. The van der Waals surface area contributed by atoms with Crippen molar-refractivity contribution in [3.63, 3.8) is 0 Å². The molecule has 6 nitrogen and oxygen atoms in total. The normalized spacial score (nSPS) is 16.8. The zero-order valence-corrected chi connectivity index (χ0v) is 15.3. The first-order valence-electron chi connectivity index (χ1n) is 9.36. The van der Waals surface area contributed by atoms with Crippen LogP contribution in [-0.2, 0) is 4.79 Å². The Bertz CT molecular complexity index is 927. The fraction of sp³-hybridized carbons (Fsp3) is 0.286. The maximum Gasteiger partial charge on any atom is 0.261 e. The molecule has 28 heavy (non-hydrogen) atoms. The van der Waals surface area contributed by atoms with Crippen molar-refractivity contribution in [2.75, 3.05) is 13.2 Å². The fourth-order valence-corrected chi connectivity index (χ4v) is 3.41. The lowest BCUT2D eigenvalue weighted by atomic mass is 10.0. The minimum atomic E-state index is -0.304. The number of ether oxygens (including phenoxy) is 1. The van der Waals surface area contributed by atoms with Crippen LogP contribution < -0.4 is 4.74 Å².